The molecule has 8 rings (SSSR count). The van der Waals surface area contributed by atoms with E-state index in [0.717, 1.165) is 16.4 Å². The molecule has 6 aliphatic rings. The van der Waals surface area contributed by atoms with Crippen LogP contribution in [0.5, 0.6) is 11.5 Å². The number of rotatable bonds is 9. The van der Waals surface area contributed by atoms with E-state index in [1.54, 1.807) is 0 Å². The van der Waals surface area contributed by atoms with Gasteiger partial charge in [0.25, 0.3) is 5.91 Å². The number of halogens is 2. The third kappa shape index (κ3) is 7.10. The fourth-order valence-electron chi connectivity index (χ4n) is 10.0. The number of hydrogen-bond acceptors (Lipinski definition) is 10. The number of aromatic hydroxyl groups is 2. The normalized spacial score (nSPS) is 25.8. The molecule has 3 N–H and O–H groups in total. The van der Waals surface area contributed by atoms with E-state index in [4.69, 9.17) is 11.6 Å². The molecule has 17 nitrogen and oxygen atoms in total. The van der Waals surface area contributed by atoms with E-state index < -0.39 is 104 Å². The van der Waals surface area contributed by atoms with Crippen LogP contribution in [0.2, 0.25) is 5.02 Å². The van der Waals surface area contributed by atoms with Crippen LogP contribution in [0.3, 0.4) is 0 Å². The smallest absolute Gasteiger partial charge is 0.326 e. The molecule has 5 amide bonds. The zero-order valence-electron chi connectivity index (χ0n) is 32.7. The third-order valence-corrected chi connectivity index (χ3v) is 15.2. The van der Waals surface area contributed by atoms with Crippen molar-refractivity contribution >= 4 is 57.1 Å². The Morgan fingerprint density at radius 3 is 1.68 bits per heavy atom. The summed E-state index contributed by atoms with van der Waals surface area (Å²) in [5.41, 5.74) is -0.0534. The Morgan fingerprint density at radius 1 is 0.700 bits per heavy atom. The van der Waals surface area contributed by atoms with Crippen LogP contribution in [0.25, 0.3) is 0 Å². The van der Waals surface area contributed by atoms with Crippen LogP contribution in [-0.2, 0) is 47.1 Å². The van der Waals surface area contributed by atoms with Gasteiger partial charge in [0.15, 0.2) is 11.5 Å². The Bertz CT molecular complexity index is 2280. The first-order valence-corrected chi connectivity index (χ1v) is 22.2. The number of carbonyl (C=O) groups excluding carboxylic acids is 5. The number of phenols is 2. The number of fused-ring (bicyclic) bond motifs is 1. The zero-order chi connectivity index (χ0) is 42.8. The molecular formula is C40H46ClFN6O11S. The van der Waals surface area contributed by atoms with Gasteiger partial charge < -0.3 is 39.8 Å². The largest absolute Gasteiger partial charge is 0.504 e. The highest BCUT2D eigenvalue weighted by Crippen LogP contribution is 2.43. The molecule has 5 fully saturated rings. The number of carboxylic acid groups (broad SMARTS) is 1. The van der Waals surface area contributed by atoms with Crippen molar-refractivity contribution < 1.29 is 56.9 Å². The zero-order valence-corrected chi connectivity index (χ0v) is 34.2. The van der Waals surface area contributed by atoms with Gasteiger partial charge in [0.05, 0.1) is 15.5 Å². The number of aliphatic carboxylic acids is 1. The standard InChI is InChI=1S/C40H46ClFN6O11S/c41-24-18-22(11-12-25(24)42)20-43-21-23-32(19-31(49)34(50)33(23)39(43)55)60(58,59)48-17-5-9-29(48)38(54)46-15-3-7-27(46)36(52)44-13-1-6-26(44)35(51)45-14-2-8-28(45)37(53)47-16-4-10-30(47)40(56)57/h11-12,18-19,26-30,49-50H,1-10,13-17,20-21H2,(H,56,57)/t26-,27-,28-,29-,30-/m0/s1. The second-order valence-electron chi connectivity index (χ2n) is 16.4. The van der Waals surface area contributed by atoms with Crippen LogP contribution < -0.4 is 0 Å². The molecule has 60 heavy (non-hydrogen) atoms. The Kier molecular flexibility index (Phi) is 11.2. The number of amides is 5. The van der Waals surface area contributed by atoms with Crippen LogP contribution in [0.4, 0.5) is 4.39 Å². The van der Waals surface area contributed by atoms with Crippen LogP contribution in [0.15, 0.2) is 29.2 Å². The van der Waals surface area contributed by atoms with Gasteiger partial charge in [0.1, 0.15) is 36.0 Å². The van der Waals surface area contributed by atoms with E-state index in [-0.39, 0.29) is 62.7 Å². The number of carbonyl (C=O) groups is 6. The lowest BCUT2D eigenvalue weighted by molar-refractivity contribution is -0.154. The summed E-state index contributed by atoms with van der Waals surface area (Å²) in [6, 6.07) is -0.144. The first-order chi connectivity index (χ1) is 28.6. The van der Waals surface area contributed by atoms with E-state index >= 15 is 0 Å². The second-order valence-corrected chi connectivity index (χ2v) is 18.6. The summed E-state index contributed by atoms with van der Waals surface area (Å²) in [6.45, 7) is 0.518. The SMILES string of the molecule is O=C(O)[C@@H]1CCCN1C(=O)[C@@H]1CCCN1C(=O)[C@@H]1CCCN1C(=O)[C@@H]1CCCN1C(=O)[C@@H]1CCCN1S(=O)(=O)c1cc(O)c(O)c2c1CN(Cc1ccc(F)c(Cl)c1)C2=O. The van der Waals surface area contributed by atoms with Gasteiger partial charge in [0, 0.05) is 57.4 Å². The number of hydrogen-bond donors (Lipinski definition) is 3. The number of benzene rings is 2. The molecule has 2 aromatic rings. The number of nitrogens with zero attached hydrogens (tertiary/aromatic N) is 6. The summed E-state index contributed by atoms with van der Waals surface area (Å²) in [7, 11) is -4.61. The molecule has 6 heterocycles. The molecular weight excluding hydrogens is 827 g/mol. The molecule has 0 aromatic heterocycles. The van der Waals surface area contributed by atoms with Crippen molar-refractivity contribution in [3.8, 4) is 11.5 Å². The Labute approximate surface area is 350 Å². The maximum atomic E-state index is 14.5. The number of sulfonamides is 1. The summed E-state index contributed by atoms with van der Waals surface area (Å²) in [4.78, 5) is 88.3. The Hall–Kier alpha value is -5.01. The third-order valence-electron chi connectivity index (χ3n) is 12.9. The molecule has 20 heteroatoms. The fraction of sp³-hybridized carbons (Fsp3) is 0.550. The first-order valence-electron chi connectivity index (χ1n) is 20.4. The van der Waals surface area contributed by atoms with Crippen LogP contribution >= 0.6 is 11.6 Å². The van der Waals surface area contributed by atoms with Gasteiger partial charge in [-0.05, 0) is 81.9 Å². The summed E-state index contributed by atoms with van der Waals surface area (Å²) >= 11 is 5.93. The second kappa shape index (κ2) is 16.1. The molecule has 0 bridgehead atoms. The van der Waals surface area contributed by atoms with Crippen molar-refractivity contribution in [2.24, 2.45) is 0 Å². The molecule has 0 aliphatic carbocycles. The maximum Gasteiger partial charge on any atom is 0.326 e. The topological polar surface area (TPSA) is 217 Å². The molecule has 0 radical (unpaired) electrons. The van der Waals surface area contributed by atoms with Gasteiger partial charge >= 0.3 is 5.97 Å². The summed E-state index contributed by atoms with van der Waals surface area (Å²) in [6.07, 6.45) is 3.85. The Morgan fingerprint density at radius 2 is 1.17 bits per heavy atom. The molecule has 2 aromatic carbocycles. The van der Waals surface area contributed by atoms with E-state index in [1.807, 2.05) is 0 Å². The maximum absolute atomic E-state index is 14.5. The monoisotopic (exact) mass is 872 g/mol. The fourth-order valence-corrected chi connectivity index (χ4v) is 12.1. The highest BCUT2D eigenvalue weighted by atomic mass is 35.5. The quantitative estimate of drug-likeness (QED) is 0.311. The van der Waals surface area contributed by atoms with Gasteiger partial charge in [0.2, 0.25) is 33.7 Å². The van der Waals surface area contributed by atoms with Crippen molar-refractivity contribution in [2.45, 2.75) is 112 Å². The Balaban J connectivity index is 0.989. The lowest BCUT2D eigenvalue weighted by Crippen LogP contribution is -2.57. The van der Waals surface area contributed by atoms with Gasteiger partial charge in [-0.3, -0.25) is 24.0 Å². The molecule has 0 unspecified atom stereocenters. The highest BCUT2D eigenvalue weighted by molar-refractivity contribution is 7.89. The number of likely N-dealkylation sites (tertiary alicyclic amines) is 4. The summed E-state index contributed by atoms with van der Waals surface area (Å²) in [5.74, 6) is -6.01. The van der Waals surface area contributed by atoms with Gasteiger partial charge in [-0.1, -0.05) is 17.7 Å². The molecule has 5 atom stereocenters. The number of phenolic OH excluding ortho intramolecular Hbond substituents is 2. The lowest BCUT2D eigenvalue weighted by Gasteiger charge is -2.36. The molecule has 6 aliphatic heterocycles. The predicted octanol–water partition coefficient (Wildman–Crippen LogP) is 2.25. The van der Waals surface area contributed by atoms with Crippen LogP contribution in [0, 0.1) is 5.82 Å². The van der Waals surface area contributed by atoms with Crippen molar-refractivity contribution in [2.75, 3.05) is 32.7 Å². The average Bonchev–Trinajstić information content (AvgIpc) is 4.08. The molecule has 322 valence electrons. The lowest BCUT2D eigenvalue weighted by atomic mass is 10.1. The predicted molar refractivity (Wildman–Crippen MR) is 208 cm³/mol. The summed E-state index contributed by atoms with van der Waals surface area (Å²) < 4.78 is 43.9. The van der Waals surface area contributed by atoms with E-state index in [2.05, 4.69) is 0 Å². The van der Waals surface area contributed by atoms with Crippen molar-refractivity contribution in [3.05, 3.63) is 51.8 Å². The van der Waals surface area contributed by atoms with Crippen molar-refractivity contribution in [1.29, 1.82) is 0 Å². The first kappa shape index (κ1) is 41.7. The van der Waals surface area contributed by atoms with Crippen LogP contribution in [0.1, 0.15) is 85.7 Å². The average molecular weight is 873 g/mol. The van der Waals surface area contributed by atoms with E-state index in [1.165, 1.54) is 36.6 Å². The van der Waals surface area contributed by atoms with Crippen LogP contribution in [-0.4, -0.2) is 151 Å². The van der Waals surface area contributed by atoms with Gasteiger partial charge in [-0.15, -0.1) is 0 Å². The molecule has 0 spiro atoms. The molecule has 5 saturated heterocycles. The van der Waals surface area contributed by atoms with Gasteiger partial charge in [-0.25, -0.2) is 17.6 Å². The minimum Gasteiger partial charge on any atom is -0.504 e. The molecule has 0 saturated carbocycles. The summed E-state index contributed by atoms with van der Waals surface area (Å²) in [5, 5.41) is 30.9. The van der Waals surface area contributed by atoms with Crippen molar-refractivity contribution in [3.63, 3.8) is 0 Å². The highest BCUT2D eigenvalue weighted by Gasteiger charge is 2.50. The van der Waals surface area contributed by atoms with Gasteiger partial charge in [-0.2, -0.15) is 4.31 Å². The van der Waals surface area contributed by atoms with E-state index in [9.17, 15) is 56.9 Å². The minimum absolute atomic E-state index is 0.0730. The van der Waals surface area contributed by atoms with E-state index in [0.29, 0.717) is 63.5 Å². The number of carboxylic acids is 1. The minimum atomic E-state index is -4.61. The van der Waals surface area contributed by atoms with Crippen molar-refractivity contribution in [1.82, 2.24) is 28.8 Å².